The Bertz CT molecular complexity index is 1270. The van der Waals surface area contributed by atoms with Crippen LogP contribution in [0.2, 0.25) is 5.02 Å². The minimum Gasteiger partial charge on any atom is -0.311 e. The number of hydrogen-bond acceptors (Lipinski definition) is 2. The van der Waals surface area contributed by atoms with Crippen LogP contribution < -0.4 is 4.90 Å². The Kier molecular flexibility index (Phi) is 5.70. The number of hydrogen-bond donors (Lipinski definition) is 0. The maximum Gasteiger partial charge on any atom is 0.262 e. The molecule has 3 aromatic carbocycles. The molecule has 0 unspecified atom stereocenters. The van der Waals surface area contributed by atoms with Crippen molar-refractivity contribution in [2.75, 3.05) is 11.9 Å². The minimum absolute atomic E-state index is 0.0914. The summed E-state index contributed by atoms with van der Waals surface area (Å²) >= 11 is 5.91. The third-order valence-electron chi connectivity index (χ3n) is 5.00. The van der Waals surface area contributed by atoms with E-state index in [1.165, 1.54) is 17.0 Å². The van der Waals surface area contributed by atoms with Crippen LogP contribution in [0.5, 0.6) is 0 Å². The summed E-state index contributed by atoms with van der Waals surface area (Å²) in [5.74, 6) is 5.10. The van der Waals surface area contributed by atoms with Gasteiger partial charge in [0, 0.05) is 29.6 Å². The lowest BCUT2D eigenvalue weighted by atomic mass is 9.92. The Hall–Kier alpha value is -3.68. The summed E-state index contributed by atoms with van der Waals surface area (Å²) in [4.78, 5) is 27.3. The lowest BCUT2D eigenvalue weighted by Crippen LogP contribution is -2.36. The molecule has 0 aromatic heterocycles. The molecule has 1 aliphatic heterocycles. The fourth-order valence-corrected chi connectivity index (χ4v) is 3.45. The molecule has 0 saturated heterocycles. The van der Waals surface area contributed by atoms with Crippen LogP contribution in [0.1, 0.15) is 27.0 Å². The zero-order valence-electron chi connectivity index (χ0n) is 16.7. The summed E-state index contributed by atoms with van der Waals surface area (Å²) < 4.78 is 13.0. The molecule has 1 amide bonds. The van der Waals surface area contributed by atoms with Gasteiger partial charge in [0.1, 0.15) is 5.82 Å². The molecule has 0 spiro atoms. The Balaban J connectivity index is 1.64. The average Bonchev–Trinajstić information content (AvgIpc) is 2.78. The van der Waals surface area contributed by atoms with Crippen LogP contribution in [0.25, 0.3) is 6.08 Å². The number of halogens is 2. The zero-order valence-corrected chi connectivity index (χ0v) is 17.4. The number of rotatable bonds is 2. The molecular formula is C26H17ClFNO2. The number of ketones is 1. The van der Waals surface area contributed by atoms with Gasteiger partial charge in [-0.2, -0.15) is 0 Å². The molecule has 0 atom stereocenters. The standard InChI is InChI=1S/C26H17ClFNO2/c1-29-24-14-9-18(4-2-3-17-7-12-21(28)13-8-17)15-22(24)25(30)23(26(29)31)16-19-5-10-20(27)11-6-19/h5-16H,3H2,1H3. The van der Waals surface area contributed by atoms with Gasteiger partial charge in [0.25, 0.3) is 5.91 Å². The monoisotopic (exact) mass is 429 g/mol. The molecule has 3 nitrogen and oxygen atoms in total. The predicted molar refractivity (Wildman–Crippen MR) is 121 cm³/mol. The molecule has 5 heteroatoms. The normalized spacial score (nSPS) is 14.3. The van der Waals surface area contributed by atoms with Crippen LogP contribution in [-0.2, 0) is 11.2 Å². The van der Waals surface area contributed by atoms with Gasteiger partial charge in [0.15, 0.2) is 0 Å². The number of carbonyl (C=O) groups excluding carboxylic acids is 2. The number of likely N-dealkylation sites (N-methyl/N-ethyl adjacent to an activating group) is 1. The predicted octanol–water partition coefficient (Wildman–Crippen LogP) is 5.32. The fourth-order valence-electron chi connectivity index (χ4n) is 3.32. The van der Waals surface area contributed by atoms with Gasteiger partial charge in [0.2, 0.25) is 5.78 Å². The summed E-state index contributed by atoms with van der Waals surface area (Å²) in [5.41, 5.74) is 3.36. The lowest BCUT2D eigenvalue weighted by Gasteiger charge is -2.26. The Labute approximate surface area is 184 Å². The first-order chi connectivity index (χ1) is 14.9. The first kappa shape index (κ1) is 20.6. The molecule has 31 heavy (non-hydrogen) atoms. The van der Waals surface area contributed by atoms with E-state index in [1.54, 1.807) is 67.7 Å². The fraction of sp³-hybridized carbons (Fsp3) is 0.0769. The molecule has 0 radical (unpaired) electrons. The average molecular weight is 430 g/mol. The molecule has 1 heterocycles. The number of Topliss-reactive ketones (excluding diaryl/α,β-unsaturated/α-hetero) is 1. The number of nitrogens with zero attached hydrogens (tertiary/aromatic N) is 1. The molecule has 3 aromatic rings. The van der Waals surface area contributed by atoms with Crippen molar-refractivity contribution in [3.8, 4) is 11.8 Å². The van der Waals surface area contributed by atoms with Gasteiger partial charge in [0.05, 0.1) is 11.3 Å². The van der Waals surface area contributed by atoms with E-state index >= 15 is 0 Å². The number of benzene rings is 3. The molecule has 0 fully saturated rings. The van der Waals surface area contributed by atoms with Crippen molar-refractivity contribution in [2.45, 2.75) is 6.42 Å². The van der Waals surface area contributed by atoms with Gasteiger partial charge in [-0.05, 0) is 59.7 Å². The van der Waals surface area contributed by atoms with Crippen LogP contribution >= 0.6 is 11.6 Å². The molecule has 0 aliphatic carbocycles. The topological polar surface area (TPSA) is 37.4 Å². The van der Waals surface area contributed by atoms with E-state index in [-0.39, 0.29) is 23.1 Å². The highest BCUT2D eigenvalue weighted by Gasteiger charge is 2.32. The van der Waals surface area contributed by atoms with Gasteiger partial charge in [-0.3, -0.25) is 9.59 Å². The molecule has 0 N–H and O–H groups in total. The highest BCUT2D eigenvalue weighted by molar-refractivity contribution is 6.36. The summed E-state index contributed by atoms with van der Waals surface area (Å²) in [7, 11) is 1.64. The SMILES string of the molecule is CN1C(=O)C(=Cc2ccc(Cl)cc2)C(=O)c2cc(C#CCc3ccc(F)cc3)ccc21. The first-order valence-corrected chi connectivity index (χ1v) is 9.97. The second-order valence-corrected chi connectivity index (χ2v) is 7.58. The van der Waals surface area contributed by atoms with Crippen molar-refractivity contribution in [1.29, 1.82) is 0 Å². The van der Waals surface area contributed by atoms with Crippen LogP contribution in [0, 0.1) is 17.7 Å². The van der Waals surface area contributed by atoms with Gasteiger partial charge in [-0.15, -0.1) is 0 Å². The van der Waals surface area contributed by atoms with E-state index in [0.29, 0.717) is 33.8 Å². The van der Waals surface area contributed by atoms with E-state index < -0.39 is 0 Å². The summed E-state index contributed by atoms with van der Waals surface area (Å²) in [6.07, 6.45) is 2.04. The van der Waals surface area contributed by atoms with Crippen LogP contribution in [0.4, 0.5) is 10.1 Å². The maximum absolute atomic E-state index is 13.1. The highest BCUT2D eigenvalue weighted by atomic mass is 35.5. The number of fused-ring (bicyclic) bond motifs is 1. The number of amides is 1. The van der Waals surface area contributed by atoms with Crippen molar-refractivity contribution in [1.82, 2.24) is 0 Å². The van der Waals surface area contributed by atoms with Crippen molar-refractivity contribution in [3.63, 3.8) is 0 Å². The van der Waals surface area contributed by atoms with Crippen molar-refractivity contribution in [2.24, 2.45) is 0 Å². The van der Waals surface area contributed by atoms with Crippen LogP contribution in [0.15, 0.2) is 72.3 Å². The van der Waals surface area contributed by atoms with E-state index in [1.807, 2.05) is 0 Å². The van der Waals surface area contributed by atoms with E-state index in [4.69, 9.17) is 11.6 Å². The highest BCUT2D eigenvalue weighted by Crippen LogP contribution is 2.31. The van der Waals surface area contributed by atoms with Gasteiger partial charge >= 0.3 is 0 Å². The molecule has 0 bridgehead atoms. The van der Waals surface area contributed by atoms with Crippen molar-refractivity contribution >= 4 is 35.1 Å². The Morgan fingerprint density at radius 3 is 2.42 bits per heavy atom. The Morgan fingerprint density at radius 1 is 1.00 bits per heavy atom. The first-order valence-electron chi connectivity index (χ1n) is 9.60. The Morgan fingerprint density at radius 2 is 1.71 bits per heavy atom. The lowest BCUT2D eigenvalue weighted by molar-refractivity contribution is -0.114. The smallest absolute Gasteiger partial charge is 0.262 e. The summed E-state index contributed by atoms with van der Waals surface area (Å²) in [6.45, 7) is 0. The van der Waals surface area contributed by atoms with Gasteiger partial charge < -0.3 is 4.90 Å². The largest absolute Gasteiger partial charge is 0.311 e. The van der Waals surface area contributed by atoms with Crippen molar-refractivity contribution in [3.05, 3.63) is 105 Å². The maximum atomic E-state index is 13.1. The molecule has 0 saturated carbocycles. The quantitative estimate of drug-likeness (QED) is 0.314. The third-order valence-corrected chi connectivity index (χ3v) is 5.25. The van der Waals surface area contributed by atoms with Crippen LogP contribution in [-0.4, -0.2) is 18.7 Å². The molecular weight excluding hydrogens is 413 g/mol. The zero-order chi connectivity index (χ0) is 22.0. The summed E-state index contributed by atoms with van der Waals surface area (Å²) in [5, 5.41) is 0.578. The summed E-state index contributed by atoms with van der Waals surface area (Å²) in [6, 6.07) is 18.3. The molecule has 152 valence electrons. The number of carbonyl (C=O) groups is 2. The van der Waals surface area contributed by atoms with Gasteiger partial charge in [-0.25, -0.2) is 4.39 Å². The third kappa shape index (κ3) is 4.42. The van der Waals surface area contributed by atoms with Crippen LogP contribution in [0.3, 0.4) is 0 Å². The second kappa shape index (κ2) is 8.59. The second-order valence-electron chi connectivity index (χ2n) is 7.14. The van der Waals surface area contributed by atoms with E-state index in [9.17, 15) is 14.0 Å². The van der Waals surface area contributed by atoms with Gasteiger partial charge in [-0.1, -0.05) is 47.7 Å². The van der Waals surface area contributed by atoms with E-state index in [2.05, 4.69) is 11.8 Å². The molecule has 4 rings (SSSR count). The van der Waals surface area contributed by atoms with E-state index in [0.717, 1.165) is 5.56 Å². The van der Waals surface area contributed by atoms with Crippen molar-refractivity contribution < 1.29 is 14.0 Å². The number of anilines is 1. The molecule has 1 aliphatic rings. The minimum atomic E-state index is -0.359.